The first-order chi connectivity index (χ1) is 14.0. The zero-order valence-corrected chi connectivity index (χ0v) is 17.9. The number of pyridine rings is 1. The molecule has 0 amide bonds. The first-order valence-corrected chi connectivity index (χ1v) is 11.1. The Morgan fingerprint density at radius 1 is 1.30 bits per heavy atom. The highest BCUT2D eigenvalue weighted by Crippen LogP contribution is 2.54. The highest BCUT2D eigenvalue weighted by molar-refractivity contribution is 7.92. The molecule has 11 heteroatoms. The highest BCUT2D eigenvalue weighted by Gasteiger charge is 2.55. The Morgan fingerprint density at radius 2 is 2.00 bits per heavy atom. The zero-order valence-electron chi connectivity index (χ0n) is 16.3. The average molecular weight is 461 g/mol. The van der Waals surface area contributed by atoms with Crippen molar-refractivity contribution in [2.45, 2.75) is 23.8 Å². The first kappa shape index (κ1) is 21.2. The molecule has 0 spiro atoms. The van der Waals surface area contributed by atoms with Gasteiger partial charge >= 0.3 is 0 Å². The van der Waals surface area contributed by atoms with Crippen molar-refractivity contribution in [2.24, 2.45) is 5.41 Å². The number of hydrogen-bond donors (Lipinski definition) is 1. The van der Waals surface area contributed by atoms with E-state index in [0.717, 1.165) is 37.6 Å². The van der Waals surface area contributed by atoms with Gasteiger partial charge in [0, 0.05) is 30.6 Å². The van der Waals surface area contributed by atoms with E-state index in [4.69, 9.17) is 11.6 Å². The molecule has 1 N–H and O–H groups in total. The number of rotatable bonds is 6. The molecule has 2 saturated heterocycles. The van der Waals surface area contributed by atoms with Crippen molar-refractivity contribution < 1.29 is 21.6 Å². The van der Waals surface area contributed by atoms with Crippen LogP contribution in [0, 0.1) is 23.0 Å². The molecule has 2 aliphatic heterocycles. The summed E-state index contributed by atoms with van der Waals surface area (Å²) in [5.74, 6) is -4.01. The second kappa shape index (κ2) is 7.28. The van der Waals surface area contributed by atoms with Crippen LogP contribution in [0.15, 0.2) is 29.2 Å². The van der Waals surface area contributed by atoms with E-state index in [2.05, 4.69) is 9.88 Å². The summed E-state index contributed by atoms with van der Waals surface area (Å²) >= 11 is 6.16. The van der Waals surface area contributed by atoms with Crippen molar-refractivity contribution in [1.82, 2.24) is 9.88 Å². The van der Waals surface area contributed by atoms with Crippen molar-refractivity contribution in [3.05, 3.63) is 46.9 Å². The van der Waals surface area contributed by atoms with Crippen LogP contribution in [-0.4, -0.2) is 51.5 Å². The van der Waals surface area contributed by atoms with Gasteiger partial charge in [-0.1, -0.05) is 17.7 Å². The topological polar surface area (TPSA) is 65.5 Å². The van der Waals surface area contributed by atoms with Crippen molar-refractivity contribution in [1.29, 1.82) is 0 Å². The van der Waals surface area contributed by atoms with E-state index in [1.807, 2.05) is 23.7 Å². The van der Waals surface area contributed by atoms with Gasteiger partial charge in [0.15, 0.2) is 10.7 Å². The number of benzene rings is 1. The van der Waals surface area contributed by atoms with Gasteiger partial charge in [0.1, 0.15) is 16.7 Å². The standard InChI is InChI=1S/C19H20ClF3N4O2S/c1-26(2)9-19-7-11(8-19)27(10-19)13-6-12(21)18(17(23)16(13)20)30(28,29)25-15-5-3-4-14(22)24-15/h3-6,11H,7-10H2,1-2H3,(H,24,25). The third-order valence-electron chi connectivity index (χ3n) is 5.56. The third kappa shape index (κ3) is 3.61. The van der Waals surface area contributed by atoms with Crippen LogP contribution in [0.2, 0.25) is 5.02 Å². The Kier molecular flexibility index (Phi) is 5.14. The van der Waals surface area contributed by atoms with E-state index < -0.39 is 43.3 Å². The first-order valence-electron chi connectivity index (χ1n) is 9.26. The molecule has 30 heavy (non-hydrogen) atoms. The van der Waals surface area contributed by atoms with Gasteiger partial charge in [0.25, 0.3) is 10.0 Å². The van der Waals surface area contributed by atoms with Crippen LogP contribution in [0.25, 0.3) is 0 Å². The molecule has 0 atom stereocenters. The largest absolute Gasteiger partial charge is 0.367 e. The molecular formula is C19H20ClF3N4O2S. The molecule has 3 aliphatic rings. The zero-order chi connectivity index (χ0) is 21.8. The van der Waals surface area contributed by atoms with Gasteiger partial charge in [-0.3, -0.25) is 4.72 Å². The number of nitrogens with zero attached hydrogens (tertiary/aromatic N) is 3. The van der Waals surface area contributed by atoms with Crippen molar-refractivity contribution in [3.8, 4) is 0 Å². The highest BCUT2D eigenvalue weighted by atomic mass is 35.5. The van der Waals surface area contributed by atoms with E-state index in [9.17, 15) is 21.6 Å². The van der Waals surface area contributed by atoms with Gasteiger partial charge in [-0.05, 0) is 39.1 Å². The Labute approximate surface area is 177 Å². The van der Waals surface area contributed by atoms with Crippen LogP contribution in [0.5, 0.6) is 0 Å². The Bertz CT molecular complexity index is 1110. The maximum absolute atomic E-state index is 15.0. The van der Waals surface area contributed by atoms with Crippen LogP contribution in [-0.2, 0) is 10.0 Å². The normalized spacial score (nSPS) is 23.0. The SMILES string of the molecule is CN(C)CC12CC(C1)N(c1cc(F)c(S(=O)(=O)Nc3cccc(F)n3)c(F)c1Cl)C2. The maximum atomic E-state index is 15.0. The monoisotopic (exact) mass is 460 g/mol. The molecular weight excluding hydrogens is 441 g/mol. The second-order valence-electron chi connectivity index (χ2n) is 8.21. The molecule has 162 valence electrons. The second-order valence-corrected chi connectivity index (χ2v) is 10.2. The van der Waals surface area contributed by atoms with Crippen molar-refractivity contribution in [3.63, 3.8) is 0 Å². The van der Waals surface area contributed by atoms with E-state index in [1.165, 1.54) is 6.07 Å². The molecule has 6 nitrogen and oxygen atoms in total. The lowest BCUT2D eigenvalue weighted by molar-refractivity contribution is 0.141. The molecule has 3 heterocycles. The third-order valence-corrected chi connectivity index (χ3v) is 7.31. The average Bonchev–Trinajstić information content (AvgIpc) is 3.11. The van der Waals surface area contributed by atoms with Gasteiger partial charge < -0.3 is 9.80 Å². The molecule has 1 aromatic heterocycles. The van der Waals surface area contributed by atoms with Gasteiger partial charge in [-0.25, -0.2) is 22.2 Å². The predicted octanol–water partition coefficient (Wildman–Crippen LogP) is 3.48. The summed E-state index contributed by atoms with van der Waals surface area (Å²) in [6, 6.07) is 4.44. The fourth-order valence-electron chi connectivity index (χ4n) is 4.59. The fraction of sp³-hybridized carbons (Fsp3) is 0.421. The lowest BCUT2D eigenvalue weighted by Gasteiger charge is -2.39. The summed E-state index contributed by atoms with van der Waals surface area (Å²) < 4.78 is 70.0. The summed E-state index contributed by atoms with van der Waals surface area (Å²) in [6.45, 7) is 1.44. The summed E-state index contributed by atoms with van der Waals surface area (Å²) in [5.41, 5.74) is 0.178. The number of halogens is 4. The Hall–Kier alpha value is -2.04. The van der Waals surface area contributed by atoms with Crippen LogP contribution < -0.4 is 9.62 Å². The summed E-state index contributed by atoms with van der Waals surface area (Å²) in [4.78, 5) is 6.04. The van der Waals surface area contributed by atoms with E-state index in [0.29, 0.717) is 6.54 Å². The van der Waals surface area contributed by atoms with E-state index >= 15 is 0 Å². The van der Waals surface area contributed by atoms with Gasteiger partial charge in [0.2, 0.25) is 5.95 Å². The molecule has 1 aromatic carbocycles. The van der Waals surface area contributed by atoms with Crippen molar-refractivity contribution >= 4 is 33.1 Å². The molecule has 3 fully saturated rings. The van der Waals surface area contributed by atoms with Crippen LogP contribution in [0.3, 0.4) is 0 Å². The Balaban J connectivity index is 1.66. The summed E-state index contributed by atoms with van der Waals surface area (Å²) in [7, 11) is -0.785. The molecule has 0 radical (unpaired) electrons. The maximum Gasteiger partial charge on any atom is 0.268 e. The molecule has 1 aliphatic carbocycles. The van der Waals surface area contributed by atoms with Crippen molar-refractivity contribution in [2.75, 3.05) is 36.8 Å². The number of aromatic nitrogens is 1. The van der Waals surface area contributed by atoms with E-state index in [1.54, 1.807) is 0 Å². The minimum atomic E-state index is -4.72. The number of nitrogens with one attached hydrogen (secondary N) is 1. The van der Waals surface area contributed by atoms with Crippen LogP contribution in [0.1, 0.15) is 12.8 Å². The molecule has 1 saturated carbocycles. The Morgan fingerprint density at radius 3 is 2.63 bits per heavy atom. The van der Waals surface area contributed by atoms with Crippen LogP contribution in [0.4, 0.5) is 24.7 Å². The smallest absolute Gasteiger partial charge is 0.268 e. The number of anilines is 2. The number of fused-ring (bicyclic) bond motifs is 1. The summed E-state index contributed by atoms with van der Waals surface area (Å²) in [5, 5.41) is -0.462. The minimum Gasteiger partial charge on any atom is -0.367 e. The van der Waals surface area contributed by atoms with E-state index in [-0.39, 0.29) is 17.1 Å². The molecule has 2 aromatic rings. The fourth-order valence-corrected chi connectivity index (χ4v) is 6.04. The van der Waals surface area contributed by atoms with Gasteiger partial charge in [0.05, 0.1) is 5.69 Å². The molecule has 2 bridgehead atoms. The molecule has 5 rings (SSSR count). The number of sulfonamides is 1. The molecule has 0 unspecified atom stereocenters. The lowest BCUT2D eigenvalue weighted by atomic mass is 9.70. The minimum absolute atomic E-state index is 0.0415. The summed E-state index contributed by atoms with van der Waals surface area (Å²) in [6.07, 6.45) is 1.77. The number of hydrogen-bond acceptors (Lipinski definition) is 5. The quantitative estimate of drug-likeness (QED) is 0.528. The van der Waals surface area contributed by atoms with Gasteiger partial charge in [-0.2, -0.15) is 4.39 Å². The lowest BCUT2D eigenvalue weighted by Crippen LogP contribution is -2.41. The predicted molar refractivity (Wildman–Crippen MR) is 108 cm³/mol. The van der Waals surface area contributed by atoms with Crippen LogP contribution >= 0.6 is 11.6 Å². The van der Waals surface area contributed by atoms with Gasteiger partial charge in [-0.15, -0.1) is 0 Å².